The van der Waals surface area contributed by atoms with Crippen molar-refractivity contribution in [3.8, 4) is 0 Å². The van der Waals surface area contributed by atoms with Gasteiger partial charge in [0.1, 0.15) is 0 Å². The average molecular weight is 651 g/mol. The number of nitrogens with zero attached hydrogens (tertiary/aromatic N) is 2. The van der Waals surface area contributed by atoms with E-state index >= 15 is 0 Å². The van der Waals surface area contributed by atoms with Crippen LogP contribution in [0, 0.1) is 11.8 Å². The number of nitrogens with one attached hydrogen (secondary N) is 4. The van der Waals surface area contributed by atoms with Crippen LogP contribution in [-0.4, -0.2) is 82.9 Å². The second-order valence-corrected chi connectivity index (χ2v) is 15.0. The fourth-order valence-corrected chi connectivity index (χ4v) is 9.76. The zero-order valence-corrected chi connectivity index (χ0v) is 29.3. The molecule has 2 fully saturated rings. The van der Waals surface area contributed by atoms with Crippen LogP contribution in [0.5, 0.6) is 0 Å². The summed E-state index contributed by atoms with van der Waals surface area (Å²) >= 11 is 0. The summed E-state index contributed by atoms with van der Waals surface area (Å²) < 4.78 is 0. The van der Waals surface area contributed by atoms with E-state index in [4.69, 9.17) is 0 Å². The molecule has 4 N–H and O–H groups in total. The summed E-state index contributed by atoms with van der Waals surface area (Å²) in [7, 11) is 0. The summed E-state index contributed by atoms with van der Waals surface area (Å²) in [4.78, 5) is 34.9. The SMILES string of the molecule is CCCN1C[C@H](CNC(C)=O)C[C@@H]2c3cccc4[nH]cc(c34)C[C@H]21.CCCN1C[C@H](CNC(C)=O)C[C@@H]2c3cccc4[nH]cc(c34)C[C@H]21. The van der Waals surface area contributed by atoms with Gasteiger partial charge in [0.2, 0.25) is 11.8 Å². The van der Waals surface area contributed by atoms with Gasteiger partial charge in [0.25, 0.3) is 0 Å². The van der Waals surface area contributed by atoms with Crippen molar-refractivity contribution in [2.75, 3.05) is 39.3 Å². The molecule has 2 amide bonds. The van der Waals surface area contributed by atoms with Gasteiger partial charge >= 0.3 is 0 Å². The molecule has 2 aliphatic heterocycles. The van der Waals surface area contributed by atoms with E-state index in [0.717, 1.165) is 52.1 Å². The van der Waals surface area contributed by atoms with E-state index in [-0.39, 0.29) is 11.8 Å². The van der Waals surface area contributed by atoms with Gasteiger partial charge in [-0.3, -0.25) is 19.4 Å². The third kappa shape index (κ3) is 6.41. The number of H-pyrrole nitrogens is 2. The molecule has 6 atom stereocenters. The molecule has 0 saturated carbocycles. The molecule has 2 saturated heterocycles. The first kappa shape index (κ1) is 32.9. The highest BCUT2D eigenvalue weighted by atomic mass is 16.2. The largest absolute Gasteiger partial charge is 0.361 e. The third-order valence-corrected chi connectivity index (χ3v) is 11.6. The molecule has 0 spiro atoms. The Hall–Kier alpha value is -3.62. The molecule has 0 radical (unpaired) electrons. The maximum Gasteiger partial charge on any atom is 0.216 e. The molecule has 256 valence electrons. The van der Waals surface area contributed by atoms with E-state index in [1.807, 2.05) is 0 Å². The second-order valence-electron chi connectivity index (χ2n) is 15.0. The van der Waals surface area contributed by atoms with Crippen molar-refractivity contribution in [2.24, 2.45) is 11.8 Å². The number of hydrogen-bond donors (Lipinski definition) is 4. The Bertz CT molecular complexity index is 1630. The number of rotatable bonds is 8. The lowest BCUT2D eigenvalue weighted by Gasteiger charge is -2.47. The predicted octanol–water partition coefficient (Wildman–Crippen LogP) is 6.09. The summed E-state index contributed by atoms with van der Waals surface area (Å²) in [6.07, 6.45) is 11.4. The molecule has 8 nitrogen and oxygen atoms in total. The highest BCUT2D eigenvalue weighted by Crippen LogP contribution is 2.46. The van der Waals surface area contributed by atoms with E-state index in [1.54, 1.807) is 13.8 Å². The normalized spacial score (nSPS) is 26.3. The fraction of sp³-hybridized carbons (Fsp3) is 0.550. The Morgan fingerprint density at radius 2 is 1.15 bits per heavy atom. The Balaban J connectivity index is 0.000000152. The van der Waals surface area contributed by atoms with Gasteiger partial charge in [-0.05, 0) is 97.8 Å². The van der Waals surface area contributed by atoms with Crippen LogP contribution in [0.4, 0.5) is 0 Å². The van der Waals surface area contributed by atoms with Gasteiger partial charge in [-0.2, -0.15) is 0 Å². The zero-order chi connectivity index (χ0) is 33.4. The molecular formula is C40H54N6O2. The number of carbonyl (C=O) groups excluding carboxylic acids is 2. The molecule has 2 aliphatic carbocycles. The predicted molar refractivity (Wildman–Crippen MR) is 194 cm³/mol. The number of aromatic nitrogens is 2. The van der Waals surface area contributed by atoms with Gasteiger partial charge in [0.05, 0.1) is 0 Å². The molecule has 48 heavy (non-hydrogen) atoms. The molecule has 4 aromatic rings. The minimum atomic E-state index is 0.0813. The van der Waals surface area contributed by atoms with Crippen molar-refractivity contribution in [1.82, 2.24) is 30.4 Å². The van der Waals surface area contributed by atoms with Crippen LogP contribution in [0.25, 0.3) is 21.8 Å². The minimum Gasteiger partial charge on any atom is -0.361 e. The van der Waals surface area contributed by atoms with Crippen LogP contribution >= 0.6 is 0 Å². The van der Waals surface area contributed by atoms with E-state index in [2.05, 4.69) is 93.0 Å². The first-order chi connectivity index (χ1) is 23.3. The van der Waals surface area contributed by atoms with Crippen LogP contribution < -0.4 is 10.6 Å². The van der Waals surface area contributed by atoms with Crippen molar-refractivity contribution in [3.05, 3.63) is 71.0 Å². The van der Waals surface area contributed by atoms with E-state index < -0.39 is 0 Å². The number of benzene rings is 2. The number of aromatic amines is 2. The minimum absolute atomic E-state index is 0.0813. The smallest absolute Gasteiger partial charge is 0.216 e. The van der Waals surface area contributed by atoms with Gasteiger partial charge in [0, 0.05) is 98.1 Å². The van der Waals surface area contributed by atoms with Crippen LogP contribution in [0.15, 0.2) is 48.8 Å². The molecule has 2 aromatic carbocycles. The Labute approximate surface area is 285 Å². The zero-order valence-electron chi connectivity index (χ0n) is 29.3. The molecule has 0 unspecified atom stereocenters. The summed E-state index contributed by atoms with van der Waals surface area (Å²) in [5, 5.41) is 8.99. The van der Waals surface area contributed by atoms with Crippen molar-refractivity contribution in [2.45, 2.75) is 90.1 Å². The topological polar surface area (TPSA) is 96.3 Å². The lowest BCUT2D eigenvalue weighted by Crippen LogP contribution is -2.52. The Morgan fingerprint density at radius 1 is 0.708 bits per heavy atom. The maximum absolute atomic E-state index is 11.3. The molecule has 4 heterocycles. The lowest BCUT2D eigenvalue weighted by molar-refractivity contribution is -0.120. The summed E-state index contributed by atoms with van der Waals surface area (Å²) in [6.45, 7) is 13.8. The van der Waals surface area contributed by atoms with Gasteiger partial charge in [-0.25, -0.2) is 0 Å². The van der Waals surface area contributed by atoms with Crippen LogP contribution in [0.1, 0.15) is 87.5 Å². The quantitative estimate of drug-likeness (QED) is 0.186. The number of hydrogen-bond acceptors (Lipinski definition) is 4. The first-order valence-electron chi connectivity index (χ1n) is 18.5. The average Bonchev–Trinajstić information content (AvgIpc) is 3.70. The Kier molecular flexibility index (Phi) is 9.65. The standard InChI is InChI=1S/2C20H27N3O/c2*1-3-7-23-12-14(10-21-13(2)24)8-17-16-5-4-6-18-20(16)15(11-22-18)9-19(17)23/h2*4-6,11,14,17,19,22H,3,7-10,12H2,1-2H3,(H,21,24)/t2*14-,17+,19+/m00/s1. The van der Waals surface area contributed by atoms with Crippen LogP contribution in [-0.2, 0) is 22.4 Å². The number of likely N-dealkylation sites (tertiary alicyclic amines) is 2. The van der Waals surface area contributed by atoms with Gasteiger partial charge in [-0.1, -0.05) is 38.1 Å². The van der Waals surface area contributed by atoms with E-state index in [9.17, 15) is 9.59 Å². The van der Waals surface area contributed by atoms with Crippen LogP contribution in [0.3, 0.4) is 0 Å². The highest BCUT2D eigenvalue weighted by Gasteiger charge is 2.41. The number of piperidine rings is 2. The van der Waals surface area contributed by atoms with Crippen LogP contribution in [0.2, 0.25) is 0 Å². The molecule has 8 heteroatoms. The molecule has 2 aromatic heterocycles. The molecular weight excluding hydrogens is 596 g/mol. The van der Waals surface area contributed by atoms with E-state index in [0.29, 0.717) is 35.8 Å². The van der Waals surface area contributed by atoms with E-state index in [1.165, 1.54) is 69.7 Å². The maximum atomic E-state index is 11.3. The number of fused-ring (bicyclic) bond motifs is 4. The summed E-state index contributed by atoms with van der Waals surface area (Å²) in [5.41, 5.74) is 8.51. The lowest BCUT2D eigenvalue weighted by atomic mass is 9.72. The van der Waals surface area contributed by atoms with Crippen molar-refractivity contribution >= 4 is 33.6 Å². The number of carbonyl (C=O) groups is 2. The second kappa shape index (κ2) is 14.1. The summed E-state index contributed by atoms with van der Waals surface area (Å²) in [6, 6.07) is 14.6. The monoisotopic (exact) mass is 650 g/mol. The highest BCUT2D eigenvalue weighted by molar-refractivity contribution is 5.89. The van der Waals surface area contributed by atoms with Gasteiger partial charge in [0.15, 0.2) is 0 Å². The molecule has 4 aliphatic rings. The fourth-order valence-electron chi connectivity index (χ4n) is 9.76. The number of amides is 2. The molecule has 0 bridgehead atoms. The van der Waals surface area contributed by atoms with Crippen molar-refractivity contribution < 1.29 is 9.59 Å². The van der Waals surface area contributed by atoms with Gasteiger partial charge in [-0.15, -0.1) is 0 Å². The third-order valence-electron chi connectivity index (χ3n) is 11.6. The van der Waals surface area contributed by atoms with Crippen molar-refractivity contribution in [3.63, 3.8) is 0 Å². The summed E-state index contributed by atoms with van der Waals surface area (Å²) in [5.74, 6) is 2.40. The first-order valence-corrected chi connectivity index (χ1v) is 18.5. The van der Waals surface area contributed by atoms with Crippen molar-refractivity contribution in [1.29, 1.82) is 0 Å². The molecule has 8 rings (SSSR count). The van der Waals surface area contributed by atoms with Gasteiger partial charge < -0.3 is 20.6 Å². The Morgan fingerprint density at radius 3 is 1.54 bits per heavy atom.